The highest BCUT2D eigenvalue weighted by atomic mass is 16.5. The van der Waals surface area contributed by atoms with E-state index < -0.39 is 0 Å². The highest BCUT2D eigenvalue weighted by Crippen LogP contribution is 2.44. The smallest absolute Gasteiger partial charge is 0.224 e. The molecule has 2 aliphatic heterocycles. The van der Waals surface area contributed by atoms with Gasteiger partial charge < -0.3 is 25.0 Å². The van der Waals surface area contributed by atoms with Crippen LogP contribution in [0.4, 0.5) is 5.69 Å². The van der Waals surface area contributed by atoms with E-state index in [-0.39, 0.29) is 35.9 Å². The molecule has 1 amide bonds. The molecule has 2 aromatic carbocycles. The fraction of sp³-hybridized carbons (Fsp3) is 0.423. The lowest BCUT2D eigenvalue weighted by Gasteiger charge is -2.19. The molecule has 0 bridgehead atoms. The topological polar surface area (TPSA) is 104 Å². The van der Waals surface area contributed by atoms with Crippen LogP contribution in [0.1, 0.15) is 53.4 Å². The van der Waals surface area contributed by atoms with Crippen LogP contribution >= 0.6 is 0 Å². The highest BCUT2D eigenvalue weighted by Gasteiger charge is 2.35. The summed E-state index contributed by atoms with van der Waals surface area (Å²) in [6.45, 7) is 7.68. The van der Waals surface area contributed by atoms with Crippen molar-refractivity contribution in [3.05, 3.63) is 52.1 Å². The number of likely N-dealkylation sites (N-methyl/N-ethyl adjacent to an activating group) is 1. The number of anilines is 1. The summed E-state index contributed by atoms with van der Waals surface area (Å²) in [6, 6.07) is 7.48. The second-order valence-electron chi connectivity index (χ2n) is 9.35. The van der Waals surface area contributed by atoms with Crippen molar-refractivity contribution in [3.8, 4) is 11.5 Å². The number of hydrogen-bond donors (Lipinski definition) is 3. The summed E-state index contributed by atoms with van der Waals surface area (Å²) >= 11 is 0. The summed E-state index contributed by atoms with van der Waals surface area (Å²) in [5.41, 5.74) is 4.62. The van der Waals surface area contributed by atoms with Gasteiger partial charge in [-0.15, -0.1) is 0 Å². The quantitative estimate of drug-likeness (QED) is 0.519. The molecule has 8 nitrogen and oxygen atoms in total. The molecule has 0 atom stereocenters. The fourth-order valence-electron chi connectivity index (χ4n) is 4.53. The Morgan fingerprint density at radius 1 is 1.21 bits per heavy atom. The molecular weight excluding hydrogens is 432 g/mol. The first-order valence-corrected chi connectivity index (χ1v) is 11.5. The first-order valence-electron chi connectivity index (χ1n) is 11.5. The molecule has 4 rings (SSSR count). The number of ketones is 1. The number of amides is 1. The van der Waals surface area contributed by atoms with Crippen molar-refractivity contribution in [1.82, 2.24) is 10.2 Å². The number of nitrogens with zero attached hydrogens (tertiary/aromatic N) is 1. The van der Waals surface area contributed by atoms with E-state index in [1.54, 1.807) is 11.9 Å². The van der Waals surface area contributed by atoms with Gasteiger partial charge in [-0.3, -0.25) is 15.0 Å². The van der Waals surface area contributed by atoms with Gasteiger partial charge in [-0.2, -0.15) is 0 Å². The normalized spacial score (nSPS) is 15.4. The molecule has 180 valence electrons. The SMILES string of the molecule is CCOc1cc2c(cc1CC(=O)NC)C(=N)N(CC(=O)c1cc(NC)c3c(c1)C(C)(C)CO3)C2. The maximum atomic E-state index is 13.3. The standard InChI is InChI=1S/C26H32N4O4/c1-6-33-22-10-17-12-30(25(27)18(17)7-16(22)11-23(32)29-5)13-21(31)15-8-19-24(20(9-15)28-4)34-14-26(19,2)3/h7-10,27-28H,6,11-14H2,1-5H3,(H,29,32). The summed E-state index contributed by atoms with van der Waals surface area (Å²) in [4.78, 5) is 27.1. The van der Waals surface area contributed by atoms with E-state index in [2.05, 4.69) is 24.5 Å². The lowest BCUT2D eigenvalue weighted by atomic mass is 9.85. The van der Waals surface area contributed by atoms with Crippen LogP contribution in [-0.4, -0.2) is 56.3 Å². The fourth-order valence-corrected chi connectivity index (χ4v) is 4.53. The van der Waals surface area contributed by atoms with Gasteiger partial charge in [0.25, 0.3) is 0 Å². The third kappa shape index (κ3) is 4.20. The van der Waals surface area contributed by atoms with Crippen molar-refractivity contribution in [3.63, 3.8) is 0 Å². The van der Waals surface area contributed by atoms with Crippen molar-refractivity contribution in [2.45, 2.75) is 39.2 Å². The minimum Gasteiger partial charge on any atom is -0.494 e. The van der Waals surface area contributed by atoms with Crippen LogP contribution in [0.5, 0.6) is 11.5 Å². The average molecular weight is 465 g/mol. The number of benzene rings is 2. The number of carbonyl (C=O) groups is 2. The average Bonchev–Trinajstić information content (AvgIpc) is 3.28. The number of nitrogens with one attached hydrogen (secondary N) is 3. The number of amidine groups is 1. The van der Waals surface area contributed by atoms with E-state index >= 15 is 0 Å². The summed E-state index contributed by atoms with van der Waals surface area (Å²) in [7, 11) is 3.41. The number of ether oxygens (including phenoxy) is 2. The Kier molecular flexibility index (Phi) is 6.25. The van der Waals surface area contributed by atoms with Gasteiger partial charge in [-0.05, 0) is 36.8 Å². The molecule has 0 aromatic heterocycles. The minimum absolute atomic E-state index is 0.0600. The van der Waals surface area contributed by atoms with E-state index in [9.17, 15) is 9.59 Å². The Bertz CT molecular complexity index is 1170. The maximum absolute atomic E-state index is 13.3. The molecule has 0 radical (unpaired) electrons. The summed E-state index contributed by atoms with van der Waals surface area (Å²) < 4.78 is 11.6. The van der Waals surface area contributed by atoms with Gasteiger partial charge in [0, 0.05) is 48.3 Å². The van der Waals surface area contributed by atoms with Crippen molar-refractivity contribution in [2.24, 2.45) is 0 Å². The molecule has 8 heteroatoms. The van der Waals surface area contributed by atoms with Crippen LogP contribution in [-0.2, 0) is 23.2 Å². The lowest BCUT2D eigenvalue weighted by Crippen LogP contribution is -2.30. The molecule has 34 heavy (non-hydrogen) atoms. The summed E-state index contributed by atoms with van der Waals surface area (Å²) in [5.74, 6) is 1.54. The molecule has 0 saturated carbocycles. The van der Waals surface area contributed by atoms with E-state index in [0.717, 1.165) is 33.7 Å². The number of rotatable bonds is 8. The number of hydrogen-bond acceptors (Lipinski definition) is 6. The number of fused-ring (bicyclic) bond motifs is 2. The van der Waals surface area contributed by atoms with Gasteiger partial charge in [0.05, 0.1) is 31.9 Å². The molecule has 0 fully saturated rings. The second-order valence-corrected chi connectivity index (χ2v) is 9.35. The van der Waals surface area contributed by atoms with Gasteiger partial charge in [-0.25, -0.2) is 0 Å². The Labute approximate surface area is 200 Å². The molecule has 0 aliphatic carbocycles. The summed E-state index contributed by atoms with van der Waals surface area (Å²) in [6.07, 6.45) is 0.172. The molecule has 0 unspecified atom stereocenters. The van der Waals surface area contributed by atoms with Gasteiger partial charge in [0.1, 0.15) is 17.3 Å². The van der Waals surface area contributed by atoms with Crippen molar-refractivity contribution >= 4 is 23.2 Å². The van der Waals surface area contributed by atoms with Crippen LogP contribution < -0.4 is 20.1 Å². The van der Waals surface area contributed by atoms with Crippen LogP contribution in [0.2, 0.25) is 0 Å². The monoisotopic (exact) mass is 464 g/mol. The predicted molar refractivity (Wildman–Crippen MR) is 131 cm³/mol. The molecule has 0 spiro atoms. The van der Waals surface area contributed by atoms with Crippen molar-refractivity contribution in [1.29, 1.82) is 5.41 Å². The molecule has 3 N–H and O–H groups in total. The zero-order chi connectivity index (χ0) is 24.6. The van der Waals surface area contributed by atoms with E-state index in [1.165, 1.54) is 0 Å². The van der Waals surface area contributed by atoms with E-state index in [1.807, 2.05) is 38.2 Å². The lowest BCUT2D eigenvalue weighted by molar-refractivity contribution is -0.119. The molecule has 2 aromatic rings. The summed E-state index contributed by atoms with van der Waals surface area (Å²) in [5, 5.41) is 14.5. The van der Waals surface area contributed by atoms with Crippen molar-refractivity contribution < 1.29 is 19.1 Å². The third-order valence-corrected chi connectivity index (χ3v) is 6.47. The van der Waals surface area contributed by atoms with Crippen LogP contribution in [0.25, 0.3) is 0 Å². The number of carbonyl (C=O) groups excluding carboxylic acids is 2. The zero-order valence-electron chi connectivity index (χ0n) is 20.4. The second kappa shape index (κ2) is 9.00. The Hall–Kier alpha value is -3.55. The molecule has 2 aliphatic rings. The van der Waals surface area contributed by atoms with Crippen molar-refractivity contribution in [2.75, 3.05) is 39.2 Å². The Morgan fingerprint density at radius 2 is 1.97 bits per heavy atom. The van der Waals surface area contributed by atoms with E-state index in [0.29, 0.717) is 31.1 Å². The van der Waals surface area contributed by atoms with Crippen LogP contribution in [0, 0.1) is 5.41 Å². The Balaban J connectivity index is 1.59. The predicted octanol–water partition coefficient (Wildman–Crippen LogP) is 3.11. The molecular formula is C26H32N4O4. The number of Topliss-reactive ketones (excluding diaryl/α,β-unsaturated/α-hetero) is 1. The van der Waals surface area contributed by atoms with Crippen LogP contribution in [0.15, 0.2) is 24.3 Å². The van der Waals surface area contributed by atoms with Crippen LogP contribution in [0.3, 0.4) is 0 Å². The zero-order valence-corrected chi connectivity index (χ0v) is 20.4. The third-order valence-electron chi connectivity index (χ3n) is 6.47. The maximum Gasteiger partial charge on any atom is 0.224 e. The van der Waals surface area contributed by atoms with Gasteiger partial charge in [-0.1, -0.05) is 13.8 Å². The Morgan fingerprint density at radius 3 is 2.65 bits per heavy atom. The highest BCUT2D eigenvalue weighted by molar-refractivity contribution is 6.06. The van der Waals surface area contributed by atoms with E-state index in [4.69, 9.17) is 14.9 Å². The van der Waals surface area contributed by atoms with Gasteiger partial charge in [0.2, 0.25) is 5.91 Å². The first-order chi connectivity index (χ1) is 16.2. The van der Waals surface area contributed by atoms with Gasteiger partial charge >= 0.3 is 0 Å². The van der Waals surface area contributed by atoms with Gasteiger partial charge in [0.15, 0.2) is 5.78 Å². The molecule has 0 saturated heterocycles. The first kappa shape index (κ1) is 23.6. The minimum atomic E-state index is -0.176. The molecule has 2 heterocycles. The largest absolute Gasteiger partial charge is 0.494 e.